The van der Waals surface area contributed by atoms with Crippen LogP contribution in [-0.4, -0.2) is 54.3 Å². The lowest BCUT2D eigenvalue weighted by molar-refractivity contribution is -0.174. The third kappa shape index (κ3) is 2.60. The summed E-state index contributed by atoms with van der Waals surface area (Å²) in [7, 11) is 3.02. The van der Waals surface area contributed by atoms with E-state index in [1.807, 2.05) is 24.3 Å². The lowest BCUT2D eigenvalue weighted by Gasteiger charge is -2.54. The van der Waals surface area contributed by atoms with Crippen LogP contribution >= 0.6 is 0 Å². The average molecular weight is 383 g/mol. The van der Waals surface area contributed by atoms with Crippen molar-refractivity contribution in [3.8, 4) is 17.0 Å². The van der Waals surface area contributed by atoms with E-state index in [-0.39, 0.29) is 23.2 Å². The normalized spacial score (nSPS) is 25.0. The number of amides is 1. The van der Waals surface area contributed by atoms with Crippen molar-refractivity contribution >= 4 is 11.9 Å². The molecule has 2 atom stereocenters. The van der Waals surface area contributed by atoms with Gasteiger partial charge in [0.15, 0.2) is 0 Å². The van der Waals surface area contributed by atoms with Gasteiger partial charge in [0.1, 0.15) is 5.75 Å². The second kappa shape index (κ2) is 6.36. The maximum atomic E-state index is 13.3. The van der Waals surface area contributed by atoms with E-state index in [4.69, 9.17) is 9.47 Å². The Hall–Kier alpha value is -2.83. The number of carbonyl (C=O) groups excluding carboxylic acids is 2. The number of fused-ring (bicyclic) bond motifs is 1. The first-order valence-electron chi connectivity index (χ1n) is 9.38. The number of likely N-dealkylation sites (tertiary alicyclic amines) is 1. The summed E-state index contributed by atoms with van der Waals surface area (Å²) in [5.74, 6) is 0.465. The minimum Gasteiger partial charge on any atom is -0.497 e. The van der Waals surface area contributed by atoms with Gasteiger partial charge in [-0.15, -0.1) is 0 Å². The van der Waals surface area contributed by atoms with Gasteiger partial charge >= 0.3 is 5.97 Å². The molecule has 0 spiro atoms. The van der Waals surface area contributed by atoms with Crippen molar-refractivity contribution in [1.29, 1.82) is 0 Å². The summed E-state index contributed by atoms with van der Waals surface area (Å²) >= 11 is 0. The molecule has 0 unspecified atom stereocenters. The van der Waals surface area contributed by atoms with Crippen molar-refractivity contribution in [2.75, 3.05) is 27.3 Å². The molecular weight excluding hydrogens is 358 g/mol. The molecule has 0 radical (unpaired) electrons. The summed E-state index contributed by atoms with van der Waals surface area (Å²) in [4.78, 5) is 27.6. The van der Waals surface area contributed by atoms with Gasteiger partial charge in [-0.2, -0.15) is 5.10 Å². The number of hydrogen-bond donors (Lipinski definition) is 1. The molecular formula is C21H25N3O4. The maximum absolute atomic E-state index is 13.3. The van der Waals surface area contributed by atoms with E-state index >= 15 is 0 Å². The Morgan fingerprint density at radius 1 is 1.29 bits per heavy atom. The van der Waals surface area contributed by atoms with Crippen molar-refractivity contribution < 1.29 is 19.1 Å². The fraction of sp³-hybridized carbons (Fsp3) is 0.476. The predicted molar refractivity (Wildman–Crippen MR) is 103 cm³/mol. The van der Waals surface area contributed by atoms with Gasteiger partial charge in [0.05, 0.1) is 37.1 Å². The Kier molecular flexibility index (Phi) is 4.21. The van der Waals surface area contributed by atoms with Gasteiger partial charge in [-0.1, -0.05) is 26.0 Å². The molecule has 28 heavy (non-hydrogen) atoms. The van der Waals surface area contributed by atoms with Gasteiger partial charge < -0.3 is 14.4 Å². The Bertz CT molecular complexity index is 935. The largest absolute Gasteiger partial charge is 0.497 e. The van der Waals surface area contributed by atoms with E-state index in [9.17, 15) is 9.59 Å². The van der Waals surface area contributed by atoms with Crippen molar-refractivity contribution in [2.45, 2.75) is 20.3 Å². The summed E-state index contributed by atoms with van der Waals surface area (Å²) < 4.78 is 10.4. The average Bonchev–Trinajstić information content (AvgIpc) is 3.30. The molecule has 4 rings (SSSR count). The number of aromatic amines is 1. The molecule has 1 saturated heterocycles. The monoisotopic (exact) mass is 383 g/mol. The number of H-pyrrole nitrogens is 1. The SMILES string of the molecule is COC(=O)[C@@]12CN(C(=O)c3cn[nH]c3-c3cccc(OC)c3)C[C@@H]1C(C)(C)C2. The molecule has 2 heterocycles. The molecule has 1 aliphatic heterocycles. The third-order valence-electron chi connectivity index (χ3n) is 6.36. The van der Waals surface area contributed by atoms with Crippen molar-refractivity contribution in [3.63, 3.8) is 0 Å². The van der Waals surface area contributed by atoms with E-state index < -0.39 is 5.41 Å². The second-order valence-corrected chi connectivity index (χ2v) is 8.44. The van der Waals surface area contributed by atoms with Gasteiger partial charge in [-0.25, -0.2) is 0 Å². The van der Waals surface area contributed by atoms with Gasteiger partial charge in [0.2, 0.25) is 0 Å². The second-order valence-electron chi connectivity index (χ2n) is 8.44. The van der Waals surface area contributed by atoms with E-state index in [0.29, 0.717) is 30.1 Å². The lowest BCUT2D eigenvalue weighted by Crippen LogP contribution is -2.57. The number of ether oxygens (including phenoxy) is 2. The van der Waals surface area contributed by atoms with Gasteiger partial charge in [0.25, 0.3) is 5.91 Å². The van der Waals surface area contributed by atoms with E-state index in [0.717, 1.165) is 12.0 Å². The molecule has 1 aliphatic carbocycles. The highest BCUT2D eigenvalue weighted by molar-refractivity contribution is 6.00. The molecule has 1 aromatic carbocycles. The standard InChI is InChI=1S/C21H25N3O4/c1-20(2)11-21(19(26)28-4)12-24(10-16(20)21)18(25)15-9-22-23-17(15)13-6-5-7-14(8-13)27-3/h5-9,16H,10-12H2,1-4H3,(H,22,23)/t16-,21+/m1/s1. The van der Waals surface area contributed by atoms with E-state index in [1.165, 1.54) is 7.11 Å². The molecule has 2 aromatic rings. The smallest absolute Gasteiger partial charge is 0.314 e. The molecule has 2 aliphatic rings. The number of rotatable bonds is 4. The molecule has 148 valence electrons. The quantitative estimate of drug-likeness (QED) is 0.821. The van der Waals surface area contributed by atoms with Crippen molar-refractivity contribution in [3.05, 3.63) is 36.0 Å². The molecule has 1 amide bonds. The maximum Gasteiger partial charge on any atom is 0.314 e. The summed E-state index contributed by atoms with van der Waals surface area (Å²) in [6, 6.07) is 7.48. The number of nitrogens with one attached hydrogen (secondary N) is 1. The van der Waals surface area contributed by atoms with Crippen LogP contribution in [0.15, 0.2) is 30.5 Å². The number of methoxy groups -OCH3 is 2. The summed E-state index contributed by atoms with van der Waals surface area (Å²) in [6.45, 7) is 5.22. The predicted octanol–water partition coefficient (Wildman–Crippen LogP) is 2.75. The van der Waals surface area contributed by atoms with Crippen LogP contribution in [0.3, 0.4) is 0 Å². The van der Waals surface area contributed by atoms with Gasteiger partial charge in [0, 0.05) is 18.7 Å². The van der Waals surface area contributed by atoms with Crippen LogP contribution < -0.4 is 4.74 Å². The highest BCUT2D eigenvalue weighted by Gasteiger charge is 2.68. The van der Waals surface area contributed by atoms with Crippen LogP contribution in [0.4, 0.5) is 0 Å². The fourth-order valence-electron chi connectivity index (χ4n) is 5.14. The summed E-state index contributed by atoms with van der Waals surface area (Å²) in [5, 5.41) is 7.02. The minimum atomic E-state index is -0.590. The first-order chi connectivity index (χ1) is 13.3. The Morgan fingerprint density at radius 2 is 2.07 bits per heavy atom. The topological polar surface area (TPSA) is 84.5 Å². The molecule has 7 heteroatoms. The van der Waals surface area contributed by atoms with E-state index in [1.54, 1.807) is 18.2 Å². The highest BCUT2D eigenvalue weighted by Crippen LogP contribution is 2.63. The molecule has 1 aromatic heterocycles. The number of esters is 1. The van der Waals surface area contributed by atoms with Crippen LogP contribution in [-0.2, 0) is 9.53 Å². The first kappa shape index (κ1) is 18.5. The first-order valence-corrected chi connectivity index (χ1v) is 9.38. The zero-order valence-corrected chi connectivity index (χ0v) is 16.6. The van der Waals surface area contributed by atoms with Crippen LogP contribution in [0.25, 0.3) is 11.3 Å². The molecule has 7 nitrogen and oxygen atoms in total. The number of carbonyl (C=O) groups is 2. The fourth-order valence-corrected chi connectivity index (χ4v) is 5.14. The Balaban J connectivity index is 1.63. The van der Waals surface area contributed by atoms with Crippen molar-refractivity contribution in [1.82, 2.24) is 15.1 Å². The number of nitrogens with zero attached hydrogens (tertiary/aromatic N) is 2. The van der Waals surface area contributed by atoms with Crippen LogP contribution in [0.1, 0.15) is 30.6 Å². The molecule has 2 fully saturated rings. The lowest BCUT2D eigenvalue weighted by atomic mass is 9.48. The third-order valence-corrected chi connectivity index (χ3v) is 6.36. The van der Waals surface area contributed by atoms with E-state index in [2.05, 4.69) is 24.0 Å². The zero-order valence-electron chi connectivity index (χ0n) is 16.6. The van der Waals surface area contributed by atoms with Crippen LogP contribution in [0.5, 0.6) is 5.75 Å². The zero-order chi connectivity index (χ0) is 20.1. The Labute approximate surface area is 164 Å². The highest BCUT2D eigenvalue weighted by atomic mass is 16.5. The molecule has 1 saturated carbocycles. The number of hydrogen-bond acceptors (Lipinski definition) is 5. The van der Waals surface area contributed by atoms with Crippen LogP contribution in [0, 0.1) is 16.7 Å². The minimum absolute atomic E-state index is 0.00917. The number of benzene rings is 1. The van der Waals surface area contributed by atoms with Crippen LogP contribution in [0.2, 0.25) is 0 Å². The number of aromatic nitrogens is 2. The Morgan fingerprint density at radius 3 is 2.75 bits per heavy atom. The van der Waals surface area contributed by atoms with Crippen molar-refractivity contribution in [2.24, 2.45) is 16.7 Å². The van der Waals surface area contributed by atoms with Gasteiger partial charge in [-0.05, 0) is 29.9 Å². The molecule has 1 N–H and O–H groups in total. The molecule has 0 bridgehead atoms. The summed E-state index contributed by atoms with van der Waals surface area (Å²) in [6.07, 6.45) is 2.28. The summed E-state index contributed by atoms with van der Waals surface area (Å²) in [5.41, 5.74) is 1.38. The van der Waals surface area contributed by atoms with Gasteiger partial charge in [-0.3, -0.25) is 14.7 Å².